The van der Waals surface area contributed by atoms with Crippen LogP contribution in [-0.2, 0) is 19.1 Å². The first-order valence-electron chi connectivity index (χ1n) is 12.9. The Labute approximate surface area is 219 Å². The molecule has 2 aromatic rings. The molecule has 38 heavy (non-hydrogen) atoms. The summed E-state index contributed by atoms with van der Waals surface area (Å²) in [5.41, 5.74) is 0.421. The highest BCUT2D eigenvalue weighted by atomic mass is 19.1. The van der Waals surface area contributed by atoms with Gasteiger partial charge in [-0.15, -0.1) is 0 Å². The predicted octanol–water partition coefficient (Wildman–Crippen LogP) is 1.97. The summed E-state index contributed by atoms with van der Waals surface area (Å²) in [7, 11) is -1.88. The zero-order valence-electron chi connectivity index (χ0n) is 21.2. The van der Waals surface area contributed by atoms with E-state index in [4.69, 9.17) is 4.74 Å². The number of ketones is 2. The molecule has 2 fully saturated rings. The van der Waals surface area contributed by atoms with Gasteiger partial charge in [0.25, 0.3) is 0 Å². The van der Waals surface area contributed by atoms with Crippen molar-refractivity contribution in [1.82, 2.24) is 14.5 Å². The SMILES string of the molecule is CCOC(=O)CC(CC(=O)C1CCN1C(=O)C(CC(=O)c1ccc(-n2ccnc2)c(F)c1)C1CC1)B(O)O. The van der Waals surface area contributed by atoms with E-state index in [-0.39, 0.29) is 60.5 Å². The van der Waals surface area contributed by atoms with Crippen LogP contribution >= 0.6 is 0 Å². The number of ether oxygens (including phenoxy) is 1. The first-order valence-corrected chi connectivity index (χ1v) is 12.9. The molecule has 1 saturated heterocycles. The lowest BCUT2D eigenvalue weighted by Gasteiger charge is -2.42. The largest absolute Gasteiger partial charge is 0.466 e. The Morgan fingerprint density at radius 1 is 1.16 bits per heavy atom. The van der Waals surface area contributed by atoms with Gasteiger partial charge in [0, 0.05) is 55.5 Å². The van der Waals surface area contributed by atoms with E-state index in [1.165, 1.54) is 34.1 Å². The second kappa shape index (κ2) is 12.0. The number of carbonyl (C=O) groups is 4. The lowest BCUT2D eigenvalue weighted by Crippen LogP contribution is -2.57. The number of aromatic nitrogens is 2. The summed E-state index contributed by atoms with van der Waals surface area (Å²) in [4.78, 5) is 56.5. The minimum Gasteiger partial charge on any atom is -0.466 e. The van der Waals surface area contributed by atoms with E-state index in [1.807, 2.05) is 0 Å². The number of benzene rings is 1. The smallest absolute Gasteiger partial charge is 0.455 e. The molecule has 3 unspecified atom stereocenters. The second-order valence-corrected chi connectivity index (χ2v) is 9.90. The molecule has 3 atom stereocenters. The summed E-state index contributed by atoms with van der Waals surface area (Å²) < 4.78 is 21.0. The molecule has 4 rings (SSSR count). The van der Waals surface area contributed by atoms with Crippen LogP contribution in [0.5, 0.6) is 0 Å². The van der Waals surface area contributed by atoms with Gasteiger partial charge in [0.15, 0.2) is 11.6 Å². The maximum absolute atomic E-state index is 14.7. The number of amides is 1. The predicted molar refractivity (Wildman–Crippen MR) is 134 cm³/mol. The number of rotatable bonds is 13. The zero-order valence-corrected chi connectivity index (χ0v) is 21.2. The number of halogens is 1. The summed E-state index contributed by atoms with van der Waals surface area (Å²) in [5, 5.41) is 19.3. The molecule has 0 spiro atoms. The van der Waals surface area contributed by atoms with Gasteiger partial charge in [-0.2, -0.15) is 0 Å². The van der Waals surface area contributed by atoms with Crippen LogP contribution in [-0.4, -0.2) is 74.3 Å². The third kappa shape index (κ3) is 6.36. The first-order chi connectivity index (χ1) is 18.2. The van der Waals surface area contributed by atoms with Crippen molar-refractivity contribution < 1.29 is 38.4 Å². The van der Waals surface area contributed by atoms with Crippen LogP contribution in [0.1, 0.15) is 55.8 Å². The highest BCUT2D eigenvalue weighted by molar-refractivity contribution is 6.44. The number of carbonyl (C=O) groups excluding carboxylic acids is 4. The topological polar surface area (TPSA) is 139 Å². The number of Topliss-reactive ketones (excluding diaryl/α,β-unsaturated/α-hetero) is 2. The Balaban J connectivity index is 1.40. The molecule has 2 heterocycles. The van der Waals surface area contributed by atoms with Crippen molar-refractivity contribution in [3.8, 4) is 5.69 Å². The summed E-state index contributed by atoms with van der Waals surface area (Å²) in [6, 6.07) is 3.43. The third-order valence-corrected chi connectivity index (χ3v) is 7.26. The quantitative estimate of drug-likeness (QED) is 0.229. The molecule has 2 aliphatic rings. The van der Waals surface area contributed by atoms with Crippen molar-refractivity contribution >= 4 is 30.6 Å². The molecule has 2 N–H and O–H groups in total. The molecular formula is C26H31BFN3O7. The Kier molecular flexibility index (Phi) is 8.73. The molecule has 1 aliphatic heterocycles. The maximum Gasteiger partial charge on any atom is 0.455 e. The van der Waals surface area contributed by atoms with Gasteiger partial charge in [0.05, 0.1) is 24.7 Å². The Hall–Kier alpha value is -3.38. The van der Waals surface area contributed by atoms with Crippen molar-refractivity contribution in [3.05, 3.63) is 48.3 Å². The van der Waals surface area contributed by atoms with E-state index in [0.717, 1.165) is 18.9 Å². The van der Waals surface area contributed by atoms with Crippen LogP contribution in [0.4, 0.5) is 4.39 Å². The van der Waals surface area contributed by atoms with Crippen molar-refractivity contribution in [2.24, 2.45) is 11.8 Å². The number of imidazole rings is 1. The lowest BCUT2D eigenvalue weighted by molar-refractivity contribution is -0.150. The number of likely N-dealkylation sites (tertiary alicyclic amines) is 1. The number of esters is 1. The van der Waals surface area contributed by atoms with E-state index < -0.39 is 36.7 Å². The fourth-order valence-electron chi connectivity index (χ4n) is 4.87. The maximum atomic E-state index is 14.7. The van der Waals surface area contributed by atoms with E-state index in [1.54, 1.807) is 13.1 Å². The van der Waals surface area contributed by atoms with Crippen molar-refractivity contribution in [3.63, 3.8) is 0 Å². The zero-order chi connectivity index (χ0) is 27.4. The van der Waals surface area contributed by atoms with Gasteiger partial charge in [-0.05, 0) is 50.3 Å². The van der Waals surface area contributed by atoms with Crippen molar-refractivity contribution in [2.75, 3.05) is 13.2 Å². The van der Waals surface area contributed by atoms with E-state index in [2.05, 4.69) is 4.98 Å². The summed E-state index contributed by atoms with van der Waals surface area (Å²) in [6.45, 7) is 2.11. The Morgan fingerprint density at radius 3 is 2.47 bits per heavy atom. The second-order valence-electron chi connectivity index (χ2n) is 9.90. The molecule has 1 saturated carbocycles. The number of nitrogens with zero attached hydrogens (tertiary/aromatic N) is 3. The van der Waals surface area contributed by atoms with Gasteiger partial charge in [0.1, 0.15) is 5.82 Å². The van der Waals surface area contributed by atoms with Gasteiger partial charge < -0.3 is 24.3 Å². The van der Waals surface area contributed by atoms with Crippen LogP contribution < -0.4 is 0 Å². The molecule has 10 nitrogen and oxygen atoms in total. The number of hydrogen-bond donors (Lipinski definition) is 2. The van der Waals surface area contributed by atoms with Gasteiger partial charge in [-0.1, -0.05) is 0 Å². The van der Waals surface area contributed by atoms with E-state index in [9.17, 15) is 33.6 Å². The molecule has 1 amide bonds. The van der Waals surface area contributed by atoms with Crippen molar-refractivity contribution in [1.29, 1.82) is 0 Å². The lowest BCUT2D eigenvalue weighted by atomic mass is 9.67. The molecular weight excluding hydrogens is 496 g/mol. The molecule has 0 bridgehead atoms. The van der Waals surface area contributed by atoms with Gasteiger partial charge in [-0.25, -0.2) is 9.37 Å². The summed E-state index contributed by atoms with van der Waals surface area (Å²) >= 11 is 0. The highest BCUT2D eigenvalue weighted by Crippen LogP contribution is 2.41. The average molecular weight is 527 g/mol. The highest BCUT2D eigenvalue weighted by Gasteiger charge is 2.46. The van der Waals surface area contributed by atoms with Crippen LogP contribution in [0.15, 0.2) is 36.9 Å². The molecule has 0 radical (unpaired) electrons. The monoisotopic (exact) mass is 527 g/mol. The van der Waals surface area contributed by atoms with Gasteiger partial charge in [-0.3, -0.25) is 19.2 Å². The first kappa shape index (κ1) is 27.7. The number of hydrogen-bond acceptors (Lipinski definition) is 8. The Morgan fingerprint density at radius 2 is 1.92 bits per heavy atom. The fourth-order valence-corrected chi connectivity index (χ4v) is 4.87. The van der Waals surface area contributed by atoms with Crippen LogP contribution in [0.3, 0.4) is 0 Å². The van der Waals surface area contributed by atoms with E-state index in [0.29, 0.717) is 13.0 Å². The third-order valence-electron chi connectivity index (χ3n) is 7.26. The molecule has 1 aromatic heterocycles. The molecule has 202 valence electrons. The average Bonchev–Trinajstić information content (AvgIpc) is 3.54. The van der Waals surface area contributed by atoms with E-state index >= 15 is 0 Å². The van der Waals surface area contributed by atoms with Crippen LogP contribution in [0.2, 0.25) is 5.82 Å². The Bertz CT molecular complexity index is 1190. The van der Waals surface area contributed by atoms with Gasteiger partial charge >= 0.3 is 13.1 Å². The summed E-state index contributed by atoms with van der Waals surface area (Å²) in [5.74, 6) is -3.88. The van der Waals surface area contributed by atoms with Crippen LogP contribution in [0.25, 0.3) is 5.69 Å². The normalized spacial score (nSPS) is 18.3. The summed E-state index contributed by atoms with van der Waals surface area (Å²) in [6.07, 6.45) is 5.86. The van der Waals surface area contributed by atoms with Crippen molar-refractivity contribution in [2.45, 2.75) is 57.3 Å². The molecule has 12 heteroatoms. The van der Waals surface area contributed by atoms with Gasteiger partial charge in [0.2, 0.25) is 5.91 Å². The van der Waals surface area contributed by atoms with Crippen LogP contribution in [0, 0.1) is 17.7 Å². The minimum absolute atomic E-state index is 0.0219. The fraction of sp³-hybridized carbons (Fsp3) is 0.500. The molecule has 1 aromatic carbocycles. The molecule has 1 aliphatic carbocycles. The standard InChI is InChI=1S/C26H31BFN3O7/c1-2-38-25(34)13-18(27(36)37)12-24(33)22-7-9-31(22)26(35)19(16-3-4-16)14-23(32)17-5-6-21(20(28)11-17)30-10-8-29-15-30/h5-6,8,10-11,15-16,18-19,22,36-37H,2-4,7,9,12-14H2,1H3. The minimum atomic E-state index is -1.88.